The highest BCUT2D eigenvalue weighted by molar-refractivity contribution is 5.65. The van der Waals surface area contributed by atoms with Gasteiger partial charge in [-0.1, -0.05) is 63.2 Å². The molecule has 122 valence electrons. The molecule has 0 aliphatic heterocycles. The molecule has 0 saturated carbocycles. The Balaban J connectivity index is 1.87. The summed E-state index contributed by atoms with van der Waals surface area (Å²) in [6, 6.07) is 20.7. The fourth-order valence-electron chi connectivity index (χ4n) is 2.59. The Kier molecular flexibility index (Phi) is 4.34. The lowest BCUT2D eigenvalue weighted by molar-refractivity contribution is 0.590. The molecule has 0 fully saturated rings. The molecule has 3 rings (SSSR count). The van der Waals surface area contributed by atoms with Gasteiger partial charge < -0.3 is 5.32 Å². The largest absolute Gasteiger partial charge is 0.340 e. The minimum atomic E-state index is 0.157. The Hall–Kier alpha value is -2.68. The summed E-state index contributed by atoms with van der Waals surface area (Å²) in [6.07, 6.45) is 0. The van der Waals surface area contributed by atoms with Gasteiger partial charge in [0.25, 0.3) is 0 Å². The zero-order valence-electron chi connectivity index (χ0n) is 14.7. The molecule has 1 N–H and O–H groups in total. The third-order valence-electron chi connectivity index (χ3n) is 3.93. The summed E-state index contributed by atoms with van der Waals surface area (Å²) < 4.78 is 0. The third-order valence-corrected chi connectivity index (χ3v) is 3.93. The average Bonchev–Trinajstić information content (AvgIpc) is 2.55. The molecule has 0 aliphatic carbocycles. The van der Waals surface area contributed by atoms with E-state index in [1.54, 1.807) is 0 Å². The van der Waals surface area contributed by atoms with Crippen LogP contribution in [0.3, 0.4) is 0 Å². The van der Waals surface area contributed by atoms with Gasteiger partial charge in [-0.15, -0.1) is 0 Å². The van der Waals surface area contributed by atoms with Gasteiger partial charge in [-0.05, 0) is 30.0 Å². The monoisotopic (exact) mass is 317 g/mol. The molecule has 0 bridgehead atoms. The van der Waals surface area contributed by atoms with Crippen molar-refractivity contribution in [2.45, 2.75) is 33.1 Å². The highest BCUT2D eigenvalue weighted by Gasteiger charge is 2.13. The Bertz CT molecular complexity index is 816. The van der Waals surface area contributed by atoms with E-state index >= 15 is 0 Å². The number of hydrogen-bond acceptors (Lipinski definition) is 3. The van der Waals surface area contributed by atoms with Crippen molar-refractivity contribution in [3.63, 3.8) is 0 Å². The number of rotatable bonds is 3. The Morgan fingerprint density at radius 1 is 0.833 bits per heavy atom. The second kappa shape index (κ2) is 6.44. The van der Waals surface area contributed by atoms with E-state index in [1.807, 2.05) is 31.2 Å². The van der Waals surface area contributed by atoms with Gasteiger partial charge in [0.05, 0.1) is 5.69 Å². The predicted molar refractivity (Wildman–Crippen MR) is 101 cm³/mol. The molecule has 2 aromatic carbocycles. The van der Waals surface area contributed by atoms with Gasteiger partial charge in [0, 0.05) is 17.3 Å². The summed E-state index contributed by atoms with van der Waals surface area (Å²) >= 11 is 0. The van der Waals surface area contributed by atoms with Crippen LogP contribution in [0.1, 0.15) is 32.2 Å². The van der Waals surface area contributed by atoms with E-state index in [1.165, 1.54) is 5.56 Å². The SMILES string of the molecule is Cc1nc(Nc2ccc(C(C)(C)C)cc2)cc(-c2ccccc2)n1. The number of hydrogen-bond donors (Lipinski definition) is 1. The topological polar surface area (TPSA) is 37.8 Å². The molecule has 0 atom stereocenters. The van der Waals surface area contributed by atoms with E-state index in [4.69, 9.17) is 0 Å². The van der Waals surface area contributed by atoms with Crippen molar-refractivity contribution in [1.82, 2.24) is 9.97 Å². The maximum absolute atomic E-state index is 4.54. The van der Waals surface area contributed by atoms with E-state index in [9.17, 15) is 0 Å². The first-order valence-corrected chi connectivity index (χ1v) is 8.20. The standard InChI is InChI=1S/C21H23N3/c1-15-22-19(16-8-6-5-7-9-16)14-20(23-15)24-18-12-10-17(11-13-18)21(2,3)4/h5-14H,1-4H3,(H,22,23,24). The first kappa shape index (κ1) is 16.2. The minimum Gasteiger partial charge on any atom is -0.340 e. The number of nitrogens with one attached hydrogen (secondary N) is 1. The molecular weight excluding hydrogens is 294 g/mol. The number of aryl methyl sites for hydroxylation is 1. The van der Waals surface area contributed by atoms with Gasteiger partial charge in [0.1, 0.15) is 11.6 Å². The smallest absolute Gasteiger partial charge is 0.134 e. The summed E-state index contributed by atoms with van der Waals surface area (Å²) in [5.74, 6) is 1.56. The molecule has 1 aromatic heterocycles. The van der Waals surface area contributed by atoms with Gasteiger partial charge in [-0.2, -0.15) is 0 Å². The van der Waals surface area contributed by atoms with E-state index < -0.39 is 0 Å². The molecule has 1 heterocycles. The van der Waals surface area contributed by atoms with E-state index in [0.29, 0.717) is 0 Å². The van der Waals surface area contributed by atoms with Crippen molar-refractivity contribution in [2.24, 2.45) is 0 Å². The highest BCUT2D eigenvalue weighted by Crippen LogP contribution is 2.25. The average molecular weight is 317 g/mol. The number of benzene rings is 2. The van der Waals surface area contributed by atoms with Crippen LogP contribution < -0.4 is 5.32 Å². The van der Waals surface area contributed by atoms with Gasteiger partial charge in [0.15, 0.2) is 0 Å². The molecular formula is C21H23N3. The summed E-state index contributed by atoms with van der Waals surface area (Å²) in [5.41, 5.74) is 4.52. The van der Waals surface area contributed by atoms with E-state index in [2.05, 4.69) is 72.5 Å². The van der Waals surface area contributed by atoms with Crippen molar-refractivity contribution >= 4 is 11.5 Å². The summed E-state index contributed by atoms with van der Waals surface area (Å²) in [7, 11) is 0. The molecule has 3 heteroatoms. The molecule has 0 radical (unpaired) electrons. The minimum absolute atomic E-state index is 0.157. The third kappa shape index (κ3) is 3.80. The second-order valence-electron chi connectivity index (χ2n) is 7.00. The lowest BCUT2D eigenvalue weighted by atomic mass is 9.87. The molecule has 0 amide bonds. The summed E-state index contributed by atoms with van der Waals surface area (Å²) in [6.45, 7) is 8.57. The van der Waals surface area contributed by atoms with Gasteiger partial charge in [0.2, 0.25) is 0 Å². The van der Waals surface area contributed by atoms with Gasteiger partial charge >= 0.3 is 0 Å². The van der Waals surface area contributed by atoms with Crippen LogP contribution in [-0.2, 0) is 5.41 Å². The maximum atomic E-state index is 4.54. The molecule has 0 aliphatic rings. The maximum Gasteiger partial charge on any atom is 0.134 e. The van der Waals surface area contributed by atoms with E-state index in [0.717, 1.165) is 28.6 Å². The first-order valence-electron chi connectivity index (χ1n) is 8.20. The zero-order valence-corrected chi connectivity index (χ0v) is 14.7. The van der Waals surface area contributed by atoms with Crippen LogP contribution in [0.2, 0.25) is 0 Å². The fraction of sp³-hybridized carbons (Fsp3) is 0.238. The lowest BCUT2D eigenvalue weighted by Crippen LogP contribution is -2.10. The lowest BCUT2D eigenvalue weighted by Gasteiger charge is -2.19. The van der Waals surface area contributed by atoms with Crippen molar-refractivity contribution < 1.29 is 0 Å². The predicted octanol–water partition coefficient (Wildman–Crippen LogP) is 5.49. The first-order chi connectivity index (χ1) is 11.4. The Morgan fingerprint density at radius 2 is 1.50 bits per heavy atom. The molecule has 3 nitrogen and oxygen atoms in total. The quantitative estimate of drug-likeness (QED) is 0.693. The molecule has 0 spiro atoms. The summed E-state index contributed by atoms with van der Waals surface area (Å²) in [5, 5.41) is 3.38. The normalized spacial score (nSPS) is 11.3. The Labute approximate surface area is 143 Å². The van der Waals surface area contributed by atoms with Gasteiger partial charge in [-0.25, -0.2) is 9.97 Å². The van der Waals surface area contributed by atoms with Crippen molar-refractivity contribution in [2.75, 3.05) is 5.32 Å². The van der Waals surface area contributed by atoms with Crippen molar-refractivity contribution in [3.8, 4) is 11.3 Å². The van der Waals surface area contributed by atoms with Crippen LogP contribution in [0.5, 0.6) is 0 Å². The van der Waals surface area contributed by atoms with Crippen LogP contribution in [-0.4, -0.2) is 9.97 Å². The molecule has 0 unspecified atom stereocenters. The number of anilines is 2. The highest BCUT2D eigenvalue weighted by atomic mass is 15.0. The van der Waals surface area contributed by atoms with Crippen molar-refractivity contribution in [3.05, 3.63) is 72.1 Å². The number of nitrogens with zero attached hydrogens (tertiary/aromatic N) is 2. The molecule has 24 heavy (non-hydrogen) atoms. The summed E-state index contributed by atoms with van der Waals surface area (Å²) in [4.78, 5) is 9.04. The van der Waals surface area contributed by atoms with Crippen LogP contribution >= 0.6 is 0 Å². The number of aromatic nitrogens is 2. The van der Waals surface area contributed by atoms with Crippen LogP contribution in [0, 0.1) is 6.92 Å². The van der Waals surface area contributed by atoms with Crippen LogP contribution in [0.15, 0.2) is 60.7 Å². The molecule has 3 aromatic rings. The van der Waals surface area contributed by atoms with Gasteiger partial charge in [-0.3, -0.25) is 0 Å². The van der Waals surface area contributed by atoms with Crippen molar-refractivity contribution in [1.29, 1.82) is 0 Å². The Morgan fingerprint density at radius 3 is 2.12 bits per heavy atom. The zero-order chi connectivity index (χ0) is 17.2. The second-order valence-corrected chi connectivity index (χ2v) is 7.00. The van der Waals surface area contributed by atoms with Crippen LogP contribution in [0.4, 0.5) is 11.5 Å². The fourth-order valence-corrected chi connectivity index (χ4v) is 2.59. The van der Waals surface area contributed by atoms with Crippen LogP contribution in [0.25, 0.3) is 11.3 Å². The molecule has 0 saturated heterocycles. The van der Waals surface area contributed by atoms with E-state index in [-0.39, 0.29) is 5.41 Å².